The molecule has 198 valence electrons. The molecule has 2 aromatic rings. The molecular formula is C29H38Cl2F2N2O. The van der Waals surface area contributed by atoms with Crippen LogP contribution in [0.3, 0.4) is 0 Å². The number of carbonyl (C=O) groups is 1. The fourth-order valence-electron chi connectivity index (χ4n) is 4.70. The minimum Gasteiger partial charge on any atom is -0.391 e. The van der Waals surface area contributed by atoms with E-state index in [0.717, 1.165) is 25.5 Å². The highest BCUT2D eigenvalue weighted by atomic mass is 35.5. The Hall–Kier alpha value is -2.11. The lowest BCUT2D eigenvalue weighted by molar-refractivity contribution is -0.139. The molecule has 0 aromatic heterocycles. The maximum absolute atomic E-state index is 13.2. The Kier molecular flexibility index (Phi) is 11.2. The number of hydrogen-bond donors (Lipinski definition) is 1. The maximum Gasteiger partial charge on any atom is 0.223 e. The third-order valence-electron chi connectivity index (χ3n) is 6.70. The molecule has 0 spiro atoms. The first kappa shape index (κ1) is 30.1. The molecule has 1 N–H and O–H groups in total. The van der Waals surface area contributed by atoms with E-state index in [9.17, 15) is 13.6 Å². The van der Waals surface area contributed by atoms with E-state index in [4.69, 9.17) is 23.2 Å². The minimum atomic E-state index is -0.589. The second kappa shape index (κ2) is 13.4. The average Bonchev–Trinajstić information content (AvgIpc) is 2.75. The summed E-state index contributed by atoms with van der Waals surface area (Å²) in [7, 11) is 1.77. The Balaban J connectivity index is 0.000000254. The van der Waals surface area contributed by atoms with Gasteiger partial charge in [0.1, 0.15) is 11.6 Å². The lowest BCUT2D eigenvalue weighted by atomic mass is 9.79. The molecule has 3 nitrogen and oxygen atoms in total. The van der Waals surface area contributed by atoms with E-state index in [-0.39, 0.29) is 17.4 Å². The van der Waals surface area contributed by atoms with Crippen molar-refractivity contribution < 1.29 is 13.6 Å². The molecule has 2 unspecified atom stereocenters. The van der Waals surface area contributed by atoms with Gasteiger partial charge < -0.3 is 10.2 Å². The summed E-state index contributed by atoms with van der Waals surface area (Å²) in [6.07, 6.45) is 4.94. The molecule has 1 aliphatic rings. The number of hydrogen-bond acceptors (Lipinski definition) is 2. The zero-order valence-corrected chi connectivity index (χ0v) is 23.4. The fourth-order valence-corrected chi connectivity index (χ4v) is 5.25. The van der Waals surface area contributed by atoms with Gasteiger partial charge in [-0.2, -0.15) is 0 Å². The van der Waals surface area contributed by atoms with Crippen molar-refractivity contribution in [2.45, 2.75) is 70.8 Å². The number of nitrogens with one attached hydrogen (secondary N) is 1. The Morgan fingerprint density at radius 2 is 1.69 bits per heavy atom. The second-order valence-corrected chi connectivity index (χ2v) is 11.4. The van der Waals surface area contributed by atoms with Crippen LogP contribution in [-0.2, 0) is 4.79 Å². The van der Waals surface area contributed by atoms with Gasteiger partial charge in [0.05, 0.1) is 0 Å². The van der Waals surface area contributed by atoms with E-state index >= 15 is 0 Å². The highest BCUT2D eigenvalue weighted by Gasteiger charge is 2.37. The minimum absolute atomic E-state index is 0.0147. The van der Waals surface area contributed by atoms with Crippen LogP contribution in [0.4, 0.5) is 8.78 Å². The van der Waals surface area contributed by atoms with E-state index in [1.54, 1.807) is 24.2 Å². The van der Waals surface area contributed by atoms with Crippen LogP contribution in [0.15, 0.2) is 49.2 Å². The second-order valence-electron chi connectivity index (χ2n) is 10.5. The first-order valence-corrected chi connectivity index (χ1v) is 13.1. The third kappa shape index (κ3) is 9.08. The van der Waals surface area contributed by atoms with Crippen LogP contribution in [-0.4, -0.2) is 29.9 Å². The molecular weight excluding hydrogens is 501 g/mol. The summed E-state index contributed by atoms with van der Waals surface area (Å²) in [5.74, 6) is -0.150. The number of likely N-dealkylation sites (tertiary alicyclic amines) is 1. The van der Waals surface area contributed by atoms with E-state index in [2.05, 4.69) is 25.7 Å². The molecule has 1 amide bonds. The Morgan fingerprint density at radius 1 is 1.11 bits per heavy atom. The summed E-state index contributed by atoms with van der Waals surface area (Å²) >= 11 is 12.2. The lowest BCUT2D eigenvalue weighted by Gasteiger charge is -2.43. The van der Waals surface area contributed by atoms with Gasteiger partial charge in [0.25, 0.3) is 0 Å². The molecule has 1 fully saturated rings. The predicted octanol–water partition coefficient (Wildman–Crippen LogP) is 8.33. The molecule has 1 heterocycles. The van der Waals surface area contributed by atoms with Gasteiger partial charge >= 0.3 is 0 Å². The van der Waals surface area contributed by atoms with Gasteiger partial charge in [0.15, 0.2) is 0 Å². The monoisotopic (exact) mass is 538 g/mol. The van der Waals surface area contributed by atoms with Crippen LogP contribution >= 0.6 is 23.2 Å². The molecule has 0 saturated carbocycles. The van der Waals surface area contributed by atoms with Crippen LogP contribution in [0.5, 0.6) is 0 Å². The smallest absolute Gasteiger partial charge is 0.223 e. The first-order chi connectivity index (χ1) is 16.8. The van der Waals surface area contributed by atoms with Crippen LogP contribution in [0, 0.1) is 17.6 Å². The topological polar surface area (TPSA) is 32.3 Å². The Labute approximate surface area is 224 Å². The highest BCUT2D eigenvalue weighted by Crippen LogP contribution is 2.37. The summed E-state index contributed by atoms with van der Waals surface area (Å²) in [5.41, 5.74) is 1.51. The van der Waals surface area contributed by atoms with E-state index in [1.165, 1.54) is 17.7 Å². The number of halogens is 4. The van der Waals surface area contributed by atoms with Gasteiger partial charge in [-0.15, -0.1) is 0 Å². The van der Waals surface area contributed by atoms with Gasteiger partial charge in [-0.05, 0) is 98.5 Å². The lowest BCUT2D eigenvalue weighted by Crippen LogP contribution is -2.50. The Morgan fingerprint density at radius 3 is 2.19 bits per heavy atom. The SMILES string of the molecule is C=CNCCC(CC(C)C)c1cc(Cl)cc(Cl)c1.CN1C(=O)CC(c2cc(F)cc(F)c2)CC1(C)C. The molecule has 36 heavy (non-hydrogen) atoms. The largest absolute Gasteiger partial charge is 0.391 e. The molecule has 0 bridgehead atoms. The number of amides is 1. The molecule has 2 aromatic carbocycles. The zero-order chi connectivity index (χ0) is 27.0. The average molecular weight is 540 g/mol. The molecule has 1 saturated heterocycles. The number of rotatable bonds is 8. The van der Waals surface area contributed by atoms with Gasteiger partial charge in [0.2, 0.25) is 5.91 Å². The first-order valence-electron chi connectivity index (χ1n) is 12.3. The summed E-state index contributed by atoms with van der Waals surface area (Å²) in [5, 5.41) is 4.57. The normalized spacial score (nSPS) is 17.9. The van der Waals surface area contributed by atoms with Crippen molar-refractivity contribution in [2.75, 3.05) is 13.6 Å². The van der Waals surface area contributed by atoms with Crippen molar-refractivity contribution >= 4 is 29.1 Å². The summed E-state index contributed by atoms with van der Waals surface area (Å²) in [4.78, 5) is 13.6. The standard InChI is InChI=1S/C15H21Cl2N.C14H17F2NO/c1-4-18-6-5-12(7-11(2)3)13-8-14(16)10-15(17)9-13;1-14(2)8-10(6-13(18)17(14)3)9-4-11(15)7-12(16)5-9/h4,8-12,18H,1,5-7H2,2-3H3;4-5,7,10H,6,8H2,1-3H3. The number of benzene rings is 2. The molecule has 2 atom stereocenters. The summed E-state index contributed by atoms with van der Waals surface area (Å²) < 4.78 is 26.4. The van der Waals surface area contributed by atoms with E-state index in [0.29, 0.717) is 40.3 Å². The van der Waals surface area contributed by atoms with Gasteiger partial charge in [-0.3, -0.25) is 4.79 Å². The van der Waals surface area contributed by atoms with Crippen molar-refractivity contribution in [3.8, 4) is 0 Å². The van der Waals surface area contributed by atoms with Crippen LogP contribution in [0.2, 0.25) is 10.0 Å². The molecule has 3 rings (SSSR count). The molecule has 1 aliphatic heterocycles. The maximum atomic E-state index is 13.2. The van der Waals surface area contributed by atoms with Crippen molar-refractivity contribution in [1.82, 2.24) is 10.2 Å². The van der Waals surface area contributed by atoms with Gasteiger partial charge in [-0.25, -0.2) is 8.78 Å². The predicted molar refractivity (Wildman–Crippen MR) is 147 cm³/mol. The molecule has 0 aliphatic carbocycles. The number of nitrogens with zero attached hydrogens (tertiary/aromatic N) is 1. The van der Waals surface area contributed by atoms with Crippen LogP contribution in [0.25, 0.3) is 0 Å². The molecule has 0 radical (unpaired) electrons. The molecule has 7 heteroatoms. The summed E-state index contributed by atoms with van der Waals surface area (Å²) in [6.45, 7) is 13.0. The van der Waals surface area contributed by atoms with Crippen LogP contribution < -0.4 is 5.32 Å². The number of carbonyl (C=O) groups excluding carboxylic acids is 1. The van der Waals surface area contributed by atoms with E-state index in [1.807, 2.05) is 26.0 Å². The van der Waals surface area contributed by atoms with Crippen molar-refractivity contribution in [2.24, 2.45) is 5.92 Å². The Bertz CT molecular complexity index is 1000. The zero-order valence-electron chi connectivity index (χ0n) is 21.9. The van der Waals surface area contributed by atoms with Crippen molar-refractivity contribution in [3.05, 3.63) is 82.0 Å². The number of piperidine rings is 1. The van der Waals surface area contributed by atoms with E-state index < -0.39 is 11.6 Å². The van der Waals surface area contributed by atoms with Crippen LogP contribution in [0.1, 0.15) is 76.3 Å². The fraction of sp³-hybridized carbons (Fsp3) is 0.483. The quantitative estimate of drug-likeness (QED) is 0.342. The highest BCUT2D eigenvalue weighted by molar-refractivity contribution is 6.34. The van der Waals surface area contributed by atoms with Gasteiger partial charge in [-0.1, -0.05) is 43.6 Å². The van der Waals surface area contributed by atoms with Gasteiger partial charge in [0, 0.05) is 41.7 Å². The summed E-state index contributed by atoms with van der Waals surface area (Å²) in [6, 6.07) is 9.32. The van der Waals surface area contributed by atoms with Crippen molar-refractivity contribution in [1.29, 1.82) is 0 Å². The van der Waals surface area contributed by atoms with Crippen molar-refractivity contribution in [3.63, 3.8) is 0 Å². The third-order valence-corrected chi connectivity index (χ3v) is 7.14.